The third-order valence-electron chi connectivity index (χ3n) is 1.44. The van der Waals surface area contributed by atoms with E-state index in [2.05, 4.69) is 16.7 Å². The Morgan fingerprint density at radius 3 is 3.08 bits per heavy atom. The Morgan fingerprint density at radius 1 is 1.83 bits per heavy atom. The van der Waals surface area contributed by atoms with Crippen LogP contribution in [0.4, 0.5) is 0 Å². The van der Waals surface area contributed by atoms with Gasteiger partial charge in [-0.2, -0.15) is 5.10 Å². The molecule has 1 aromatic rings. The topological polar surface area (TPSA) is 30.2 Å². The van der Waals surface area contributed by atoms with Gasteiger partial charge in [-0.3, -0.25) is 9.67 Å². The lowest BCUT2D eigenvalue weighted by Gasteiger charge is -1.91. The number of aliphatic imine (C=N–C) groups is 1. The fourth-order valence-electron chi connectivity index (χ4n) is 0.837. The highest BCUT2D eigenvalue weighted by Gasteiger charge is 1.98. The zero-order valence-electron chi connectivity index (χ0n) is 7.49. The van der Waals surface area contributed by atoms with E-state index >= 15 is 0 Å². The summed E-state index contributed by atoms with van der Waals surface area (Å²) in [5.74, 6) is 0. The zero-order chi connectivity index (χ0) is 8.97. The van der Waals surface area contributed by atoms with Gasteiger partial charge in [0.05, 0.1) is 5.70 Å². The summed E-state index contributed by atoms with van der Waals surface area (Å²) in [7, 11) is 1.88. The van der Waals surface area contributed by atoms with Crippen molar-refractivity contribution in [1.29, 1.82) is 0 Å². The second-order valence-electron chi connectivity index (χ2n) is 2.54. The van der Waals surface area contributed by atoms with E-state index in [4.69, 9.17) is 0 Å². The summed E-state index contributed by atoms with van der Waals surface area (Å²) < 4.78 is 1.74. The quantitative estimate of drug-likeness (QED) is 0.626. The van der Waals surface area contributed by atoms with Gasteiger partial charge in [0.15, 0.2) is 0 Å². The van der Waals surface area contributed by atoms with Crippen molar-refractivity contribution in [1.82, 2.24) is 9.78 Å². The zero-order valence-corrected chi connectivity index (χ0v) is 7.49. The van der Waals surface area contributed by atoms with E-state index in [1.807, 2.05) is 32.4 Å². The SMILES string of the molecule is C=C(N=CCC)c1ccn(C)n1. The second kappa shape index (κ2) is 3.85. The Bertz CT molecular complexity index is 296. The molecule has 1 rings (SSSR count). The van der Waals surface area contributed by atoms with E-state index in [1.54, 1.807) is 4.68 Å². The lowest BCUT2D eigenvalue weighted by Crippen LogP contribution is -1.89. The summed E-state index contributed by atoms with van der Waals surface area (Å²) in [6.45, 7) is 5.84. The van der Waals surface area contributed by atoms with Crippen LogP contribution in [0.3, 0.4) is 0 Å². The molecule has 0 amide bonds. The van der Waals surface area contributed by atoms with Gasteiger partial charge in [0.2, 0.25) is 0 Å². The van der Waals surface area contributed by atoms with Gasteiger partial charge in [0, 0.05) is 19.5 Å². The van der Waals surface area contributed by atoms with Crippen molar-refractivity contribution in [2.24, 2.45) is 12.0 Å². The molecule has 3 nitrogen and oxygen atoms in total. The molecule has 0 radical (unpaired) electrons. The van der Waals surface area contributed by atoms with E-state index < -0.39 is 0 Å². The molecule has 1 aromatic heterocycles. The molecule has 0 bridgehead atoms. The Kier molecular flexibility index (Phi) is 2.80. The summed E-state index contributed by atoms with van der Waals surface area (Å²) >= 11 is 0. The van der Waals surface area contributed by atoms with Crippen molar-refractivity contribution in [2.45, 2.75) is 13.3 Å². The van der Waals surface area contributed by atoms with Crippen LogP contribution in [0.2, 0.25) is 0 Å². The summed E-state index contributed by atoms with van der Waals surface area (Å²) in [6.07, 6.45) is 4.63. The van der Waals surface area contributed by atoms with Crippen LogP contribution in [0, 0.1) is 0 Å². The van der Waals surface area contributed by atoms with E-state index in [1.165, 1.54) is 0 Å². The van der Waals surface area contributed by atoms with Gasteiger partial charge in [0.25, 0.3) is 0 Å². The Morgan fingerprint density at radius 2 is 2.58 bits per heavy atom. The highest BCUT2D eigenvalue weighted by molar-refractivity contribution is 5.70. The predicted octanol–water partition coefficient (Wildman–Crippen LogP) is 1.87. The molecule has 64 valence electrons. The molecular weight excluding hydrogens is 150 g/mol. The molecule has 0 aromatic carbocycles. The summed E-state index contributed by atoms with van der Waals surface area (Å²) in [4.78, 5) is 4.13. The van der Waals surface area contributed by atoms with Crippen LogP contribution in [0.5, 0.6) is 0 Å². The fraction of sp³-hybridized carbons (Fsp3) is 0.333. The lowest BCUT2D eigenvalue weighted by atomic mass is 10.3. The molecule has 0 aliphatic rings. The molecular formula is C9H13N3. The van der Waals surface area contributed by atoms with Crippen LogP contribution < -0.4 is 0 Å². The molecule has 0 spiro atoms. The van der Waals surface area contributed by atoms with Gasteiger partial charge >= 0.3 is 0 Å². The van der Waals surface area contributed by atoms with Crippen LogP contribution in [-0.4, -0.2) is 16.0 Å². The van der Waals surface area contributed by atoms with Gasteiger partial charge in [-0.15, -0.1) is 0 Å². The van der Waals surface area contributed by atoms with Gasteiger partial charge in [-0.25, -0.2) is 0 Å². The van der Waals surface area contributed by atoms with Crippen LogP contribution >= 0.6 is 0 Å². The summed E-state index contributed by atoms with van der Waals surface area (Å²) in [5.41, 5.74) is 1.56. The second-order valence-corrected chi connectivity index (χ2v) is 2.54. The van der Waals surface area contributed by atoms with Crippen LogP contribution in [0.1, 0.15) is 19.0 Å². The highest BCUT2D eigenvalue weighted by atomic mass is 15.3. The molecule has 0 N–H and O–H groups in total. The van der Waals surface area contributed by atoms with Gasteiger partial charge in [-0.1, -0.05) is 13.5 Å². The maximum atomic E-state index is 4.17. The predicted molar refractivity (Wildman–Crippen MR) is 51.0 cm³/mol. The Labute approximate surface area is 72.4 Å². The fourth-order valence-corrected chi connectivity index (χ4v) is 0.837. The molecule has 3 heteroatoms. The average Bonchev–Trinajstić information content (AvgIpc) is 2.47. The molecule has 0 fully saturated rings. The van der Waals surface area contributed by atoms with Gasteiger partial charge in [-0.05, 0) is 12.5 Å². The molecule has 0 unspecified atom stereocenters. The lowest BCUT2D eigenvalue weighted by molar-refractivity contribution is 0.763. The van der Waals surface area contributed by atoms with Crippen molar-refractivity contribution in [2.75, 3.05) is 0 Å². The van der Waals surface area contributed by atoms with E-state index in [9.17, 15) is 0 Å². The van der Waals surface area contributed by atoms with Crippen molar-refractivity contribution in [3.8, 4) is 0 Å². The van der Waals surface area contributed by atoms with E-state index in [-0.39, 0.29) is 0 Å². The van der Waals surface area contributed by atoms with Crippen LogP contribution in [0.15, 0.2) is 23.8 Å². The van der Waals surface area contributed by atoms with Crippen molar-refractivity contribution >= 4 is 11.9 Å². The minimum absolute atomic E-state index is 0.720. The molecule has 0 saturated heterocycles. The van der Waals surface area contributed by atoms with Crippen LogP contribution in [-0.2, 0) is 7.05 Å². The third kappa shape index (κ3) is 2.05. The maximum Gasteiger partial charge on any atom is 0.110 e. The Hall–Kier alpha value is -1.38. The third-order valence-corrected chi connectivity index (χ3v) is 1.44. The van der Waals surface area contributed by atoms with Crippen molar-refractivity contribution < 1.29 is 0 Å². The largest absolute Gasteiger partial charge is 0.275 e. The summed E-state index contributed by atoms with van der Waals surface area (Å²) in [5, 5.41) is 4.17. The summed E-state index contributed by atoms with van der Waals surface area (Å²) in [6, 6.07) is 1.90. The number of hydrogen-bond donors (Lipinski definition) is 0. The first-order chi connectivity index (χ1) is 5.74. The molecule has 12 heavy (non-hydrogen) atoms. The van der Waals surface area contributed by atoms with Gasteiger partial charge < -0.3 is 0 Å². The number of aryl methyl sites for hydroxylation is 1. The first-order valence-electron chi connectivity index (χ1n) is 3.95. The normalized spacial score (nSPS) is 10.8. The smallest absolute Gasteiger partial charge is 0.110 e. The first-order valence-corrected chi connectivity index (χ1v) is 3.95. The maximum absolute atomic E-state index is 4.17. The standard InChI is InChI=1S/C9H13N3/c1-4-6-10-8(2)9-5-7-12(3)11-9/h5-7H,2,4H2,1,3H3. The first kappa shape index (κ1) is 8.71. The minimum Gasteiger partial charge on any atom is -0.275 e. The number of rotatable bonds is 3. The molecule has 0 aliphatic carbocycles. The molecule has 0 atom stereocenters. The average molecular weight is 163 g/mol. The molecule has 0 saturated carbocycles. The van der Waals surface area contributed by atoms with Crippen molar-refractivity contribution in [3.63, 3.8) is 0 Å². The van der Waals surface area contributed by atoms with E-state index in [0.717, 1.165) is 17.8 Å². The highest BCUT2D eigenvalue weighted by Crippen LogP contribution is 2.09. The van der Waals surface area contributed by atoms with E-state index in [0.29, 0.717) is 0 Å². The minimum atomic E-state index is 0.720. The number of hydrogen-bond acceptors (Lipinski definition) is 2. The Balaban J connectivity index is 2.72. The van der Waals surface area contributed by atoms with Gasteiger partial charge in [0.1, 0.15) is 5.69 Å². The molecule has 1 heterocycles. The van der Waals surface area contributed by atoms with Crippen molar-refractivity contribution in [3.05, 3.63) is 24.5 Å². The van der Waals surface area contributed by atoms with Crippen LogP contribution in [0.25, 0.3) is 5.70 Å². The number of nitrogens with zero attached hydrogens (tertiary/aromatic N) is 3. The monoisotopic (exact) mass is 163 g/mol. The molecule has 0 aliphatic heterocycles. The number of aromatic nitrogens is 2.